The van der Waals surface area contributed by atoms with Gasteiger partial charge in [-0.15, -0.1) is 10.2 Å². The predicted molar refractivity (Wildman–Crippen MR) is 218 cm³/mol. The molecule has 62 heavy (non-hydrogen) atoms. The van der Waals surface area contributed by atoms with E-state index in [1.165, 1.54) is 18.2 Å². The van der Waals surface area contributed by atoms with Crippen LogP contribution in [0, 0.1) is 6.08 Å². The first kappa shape index (κ1) is 46.7. The molecule has 7 N–H and O–H groups in total. The summed E-state index contributed by atoms with van der Waals surface area (Å²) in [5.74, 6) is -3.74. The number of nitrogens with zero attached hydrogens (tertiary/aromatic N) is 5. The number of sulfone groups is 2. The maximum atomic E-state index is 14.8. The van der Waals surface area contributed by atoms with Crippen molar-refractivity contribution in [1.29, 1.82) is 0 Å². The van der Waals surface area contributed by atoms with E-state index in [4.69, 9.17) is 0 Å². The Morgan fingerprint density at radius 3 is 2.00 bits per heavy atom. The van der Waals surface area contributed by atoms with E-state index in [1.807, 2.05) is 0 Å². The zero-order valence-electron chi connectivity index (χ0n) is 30.9. The zero-order chi connectivity index (χ0) is 46.0. The van der Waals surface area contributed by atoms with Crippen LogP contribution in [0.5, 0.6) is 5.75 Å². The van der Waals surface area contributed by atoms with Crippen LogP contribution in [0.4, 0.5) is 44.7 Å². The van der Waals surface area contributed by atoms with Crippen molar-refractivity contribution in [3.8, 4) is 5.75 Å². The quantitative estimate of drug-likeness (QED) is 0.0490. The van der Waals surface area contributed by atoms with E-state index in [2.05, 4.69) is 54.3 Å². The lowest BCUT2D eigenvalue weighted by molar-refractivity contribution is -0.116. The number of benzene rings is 4. The lowest BCUT2D eigenvalue weighted by atomic mass is 10.1. The Labute approximate surface area is 351 Å². The number of azo groups is 1. The standard InChI is InChI=1S/C33H29FN8O15S5/c1-3-58(45,46)12-6-9-27(43)35-20-10-11-25(61(52,53)54)23(16-20)41-42-29-26(62(55,56)57)14-18-13-22(60(49,50)51)17-24(28(18)30(29)44)37-33-39-31(34)38-32(40-33)36-19-7-5-8-21(15-19)59(47,48)4-2/h3-5,7-8,10-11,13-17,44H,1-2,6,9,12H2,(H,35,43)(H,49,50,51)(H,52,53,54)(H,55,56,57)(H2,36,37,38,39,40)/b42-41-. The molecule has 0 unspecified atom stereocenters. The van der Waals surface area contributed by atoms with Crippen LogP contribution in [-0.2, 0) is 54.8 Å². The van der Waals surface area contributed by atoms with Gasteiger partial charge in [0.25, 0.3) is 30.4 Å². The van der Waals surface area contributed by atoms with Gasteiger partial charge in [-0.1, -0.05) is 19.2 Å². The van der Waals surface area contributed by atoms with Gasteiger partial charge in [-0.05, 0) is 66.4 Å². The van der Waals surface area contributed by atoms with Crippen LogP contribution in [-0.4, -0.2) is 87.5 Å². The number of amides is 1. The summed E-state index contributed by atoms with van der Waals surface area (Å²) >= 11 is 0. The summed E-state index contributed by atoms with van der Waals surface area (Å²) < 4.78 is 167. The van der Waals surface area contributed by atoms with Crippen molar-refractivity contribution < 1.29 is 70.0 Å². The molecule has 0 radical (unpaired) electrons. The van der Waals surface area contributed by atoms with Crippen LogP contribution in [0.25, 0.3) is 10.8 Å². The molecular weight excluding hydrogens is 928 g/mol. The van der Waals surface area contributed by atoms with Crippen LogP contribution in [0.15, 0.2) is 114 Å². The van der Waals surface area contributed by atoms with E-state index in [-0.39, 0.29) is 29.1 Å². The smallest absolute Gasteiger partial charge is 0.315 e. The van der Waals surface area contributed by atoms with E-state index < -0.39 is 128 Å². The van der Waals surface area contributed by atoms with Gasteiger partial charge in [0, 0.05) is 34.0 Å². The third-order valence-electron chi connectivity index (χ3n) is 8.06. The third-order valence-corrected chi connectivity index (χ3v) is 13.4. The Morgan fingerprint density at radius 2 is 1.39 bits per heavy atom. The van der Waals surface area contributed by atoms with E-state index in [0.717, 1.165) is 24.3 Å². The van der Waals surface area contributed by atoms with Crippen molar-refractivity contribution in [3.63, 3.8) is 0 Å². The fraction of sp³-hybridized carbons (Fsp3) is 0.0909. The monoisotopic (exact) mass is 956 g/mol. The SMILES string of the molecule is C=CS(=O)(=O)CCCC(=O)Nc1ccc(S(=O)(=O)O)c(/N=N\c2c(S(=O)(=O)O)cc3cc(S(=O)(=O)O)cc(Nc4nc(F)nc(Nc5cccc(S(=O)(=O)C=C)c5)n4)c3c2O)c1. The maximum Gasteiger partial charge on any atom is 0.315 e. The summed E-state index contributed by atoms with van der Waals surface area (Å²) in [6.45, 7) is 6.40. The molecule has 1 heterocycles. The average molecular weight is 957 g/mol. The number of nitrogens with one attached hydrogen (secondary N) is 3. The zero-order valence-corrected chi connectivity index (χ0v) is 35.0. The molecule has 1 amide bonds. The van der Waals surface area contributed by atoms with Crippen LogP contribution in [0.1, 0.15) is 12.8 Å². The fourth-order valence-electron chi connectivity index (χ4n) is 5.30. The van der Waals surface area contributed by atoms with Crippen LogP contribution in [0.2, 0.25) is 0 Å². The molecule has 0 bridgehead atoms. The maximum absolute atomic E-state index is 14.8. The number of carbonyl (C=O) groups is 1. The van der Waals surface area contributed by atoms with Gasteiger partial charge < -0.3 is 21.1 Å². The highest BCUT2D eigenvalue weighted by molar-refractivity contribution is 7.94. The van der Waals surface area contributed by atoms with Crippen LogP contribution in [0.3, 0.4) is 0 Å². The number of aromatic nitrogens is 3. The molecule has 5 rings (SSSR count). The first-order valence-electron chi connectivity index (χ1n) is 16.6. The van der Waals surface area contributed by atoms with Crippen molar-refractivity contribution in [2.45, 2.75) is 32.4 Å². The molecule has 328 valence electrons. The van der Waals surface area contributed by atoms with Gasteiger partial charge in [-0.3, -0.25) is 18.5 Å². The molecule has 0 spiro atoms. The number of phenols is 1. The highest BCUT2D eigenvalue weighted by Crippen LogP contribution is 2.46. The first-order chi connectivity index (χ1) is 28.7. The molecule has 0 aliphatic carbocycles. The number of phenolic OH excluding ortho intramolecular Hbond substituents is 1. The molecule has 0 fully saturated rings. The lowest BCUT2D eigenvalue weighted by Crippen LogP contribution is -2.13. The molecule has 1 aromatic heterocycles. The summed E-state index contributed by atoms with van der Waals surface area (Å²) in [5.41, 5.74) is -2.74. The second kappa shape index (κ2) is 17.6. The predicted octanol–water partition coefficient (Wildman–Crippen LogP) is 4.71. The minimum absolute atomic E-state index is 0.0237. The highest BCUT2D eigenvalue weighted by atomic mass is 32.2. The van der Waals surface area contributed by atoms with Gasteiger partial charge >= 0.3 is 6.08 Å². The second-order valence-corrected chi connectivity index (χ2v) is 20.5. The Bertz CT molecular complexity index is 3300. The van der Waals surface area contributed by atoms with E-state index in [9.17, 15) is 70.0 Å². The number of carbonyl (C=O) groups excluding carboxylic acids is 1. The van der Waals surface area contributed by atoms with Gasteiger partial charge in [0.1, 0.15) is 21.2 Å². The molecule has 4 aromatic carbocycles. The number of halogens is 1. The summed E-state index contributed by atoms with van der Waals surface area (Å²) in [6, 6.07) is 9.48. The fourth-order valence-corrected chi connectivity index (χ4v) is 8.56. The molecule has 29 heteroatoms. The molecule has 5 aromatic rings. The van der Waals surface area contributed by atoms with Gasteiger partial charge in [0.15, 0.2) is 25.4 Å². The minimum Gasteiger partial charge on any atom is -0.505 e. The molecule has 23 nitrogen and oxygen atoms in total. The van der Waals surface area contributed by atoms with Gasteiger partial charge in [0.2, 0.25) is 17.8 Å². The van der Waals surface area contributed by atoms with Crippen molar-refractivity contribution in [2.24, 2.45) is 10.2 Å². The summed E-state index contributed by atoms with van der Waals surface area (Å²) in [6.07, 6.45) is -1.96. The Kier molecular flexibility index (Phi) is 13.2. The largest absolute Gasteiger partial charge is 0.505 e. The number of aromatic hydroxyl groups is 1. The topological polar surface area (TPSA) is 368 Å². The van der Waals surface area contributed by atoms with E-state index in [1.54, 1.807) is 0 Å². The lowest BCUT2D eigenvalue weighted by Gasteiger charge is -2.15. The Morgan fingerprint density at radius 1 is 0.726 bits per heavy atom. The number of hydrogen-bond acceptors (Lipinski definition) is 19. The van der Waals surface area contributed by atoms with Crippen LogP contribution < -0.4 is 16.0 Å². The van der Waals surface area contributed by atoms with Crippen molar-refractivity contribution in [3.05, 3.63) is 90.7 Å². The van der Waals surface area contributed by atoms with Gasteiger partial charge in [-0.25, -0.2) is 16.8 Å². The number of fused-ring (bicyclic) bond motifs is 1. The van der Waals surface area contributed by atoms with Crippen molar-refractivity contribution in [2.75, 3.05) is 21.7 Å². The average Bonchev–Trinajstić information content (AvgIpc) is 3.16. The minimum atomic E-state index is -5.46. The molecule has 0 saturated heterocycles. The van der Waals surface area contributed by atoms with E-state index >= 15 is 0 Å². The Balaban J connectivity index is 1.63. The number of rotatable bonds is 17. The summed E-state index contributed by atoms with van der Waals surface area (Å²) in [7, 11) is -23.3. The number of hydrogen-bond donors (Lipinski definition) is 7. The number of anilines is 5. The van der Waals surface area contributed by atoms with E-state index in [0.29, 0.717) is 29.0 Å². The molecule has 0 saturated carbocycles. The van der Waals surface area contributed by atoms with Gasteiger partial charge in [0.05, 0.1) is 21.2 Å². The van der Waals surface area contributed by atoms with Crippen LogP contribution >= 0.6 is 0 Å². The van der Waals surface area contributed by atoms with Crippen molar-refractivity contribution >= 4 is 107 Å². The first-order valence-corrected chi connectivity index (χ1v) is 24.2. The molecular formula is C33H29FN8O15S5. The summed E-state index contributed by atoms with van der Waals surface area (Å²) in [5, 5.41) is 26.3. The van der Waals surface area contributed by atoms with Gasteiger partial charge in [-0.2, -0.15) is 44.6 Å². The molecule has 0 aliphatic heterocycles. The second-order valence-electron chi connectivity index (χ2n) is 12.4. The Hall–Kier alpha value is -6.34. The third kappa shape index (κ3) is 11.3. The highest BCUT2D eigenvalue weighted by Gasteiger charge is 2.27. The summed E-state index contributed by atoms with van der Waals surface area (Å²) in [4.78, 5) is 19.9. The van der Waals surface area contributed by atoms with Crippen molar-refractivity contribution in [1.82, 2.24) is 15.0 Å². The molecule has 0 atom stereocenters. The normalized spacial score (nSPS) is 12.6. The molecule has 0 aliphatic rings.